The van der Waals surface area contributed by atoms with Gasteiger partial charge in [-0.05, 0) is 18.3 Å². The first-order valence-corrected chi connectivity index (χ1v) is 6.30. The van der Waals surface area contributed by atoms with Crippen molar-refractivity contribution in [1.82, 2.24) is 18.9 Å². The summed E-state index contributed by atoms with van der Waals surface area (Å²) in [5.74, 6) is 0.899. The number of rotatable bonds is 3. The quantitative estimate of drug-likeness (QED) is 0.822. The number of hydrogen-bond donors (Lipinski definition) is 0. The highest BCUT2D eigenvalue weighted by atomic mass is 32.1. The molecular weight excluding hydrogens is 220 g/mol. The Hall–Kier alpha value is -1.10. The molecule has 16 heavy (non-hydrogen) atoms. The second kappa shape index (κ2) is 4.41. The van der Waals surface area contributed by atoms with Gasteiger partial charge < -0.3 is 0 Å². The fourth-order valence-corrected chi connectivity index (χ4v) is 2.24. The third kappa shape index (κ3) is 2.04. The maximum Gasteiger partial charge on any atom is 0.130 e. The van der Waals surface area contributed by atoms with Crippen molar-refractivity contribution in [1.29, 1.82) is 0 Å². The third-order valence-electron chi connectivity index (χ3n) is 2.43. The smallest absolute Gasteiger partial charge is 0.130 e. The topological polar surface area (TPSA) is 51.6 Å². The minimum atomic E-state index is 0.340. The van der Waals surface area contributed by atoms with Crippen LogP contribution < -0.4 is 0 Å². The predicted molar refractivity (Wildman–Crippen MR) is 65.6 cm³/mol. The zero-order valence-corrected chi connectivity index (χ0v) is 10.9. The maximum absolute atomic E-state index is 4.34. The molecule has 2 aromatic heterocycles. The zero-order chi connectivity index (χ0) is 11.7. The van der Waals surface area contributed by atoms with Crippen LogP contribution in [0.5, 0.6) is 0 Å². The number of fused-ring (bicyclic) bond motifs is 1. The molecule has 0 saturated carbocycles. The zero-order valence-electron chi connectivity index (χ0n) is 10.1. The Labute approximate surface area is 99.4 Å². The average Bonchev–Trinajstić information content (AvgIpc) is 2.65. The van der Waals surface area contributed by atoms with E-state index >= 15 is 0 Å². The van der Waals surface area contributed by atoms with Crippen LogP contribution in [0, 0.1) is 5.92 Å². The van der Waals surface area contributed by atoms with Crippen molar-refractivity contribution in [3.63, 3.8) is 0 Å². The summed E-state index contributed by atoms with van der Waals surface area (Å²) in [7, 11) is 0. The van der Waals surface area contributed by atoms with E-state index in [4.69, 9.17) is 0 Å². The summed E-state index contributed by atoms with van der Waals surface area (Å²) in [6.45, 7) is 8.54. The van der Waals surface area contributed by atoms with E-state index in [1.807, 2.05) is 0 Å². The van der Waals surface area contributed by atoms with E-state index in [0.717, 1.165) is 28.8 Å². The molecule has 2 heterocycles. The van der Waals surface area contributed by atoms with Gasteiger partial charge >= 0.3 is 0 Å². The first kappa shape index (κ1) is 11.4. The van der Waals surface area contributed by atoms with E-state index in [9.17, 15) is 0 Å². The van der Waals surface area contributed by atoms with E-state index < -0.39 is 0 Å². The van der Waals surface area contributed by atoms with Crippen LogP contribution in [0.4, 0.5) is 0 Å². The lowest BCUT2D eigenvalue weighted by Crippen LogP contribution is -2.04. The molecule has 4 nitrogen and oxygen atoms in total. The Morgan fingerprint density at radius 2 is 1.69 bits per heavy atom. The van der Waals surface area contributed by atoms with Crippen molar-refractivity contribution in [2.45, 2.75) is 40.0 Å². The fourth-order valence-electron chi connectivity index (χ4n) is 1.67. The molecule has 86 valence electrons. The lowest BCUT2D eigenvalue weighted by molar-refractivity contribution is 0.628. The highest BCUT2D eigenvalue weighted by Gasteiger charge is 2.16. The molecule has 0 aliphatic carbocycles. The molecule has 0 amide bonds. The SMILES string of the molecule is CC(C)Cc1nnc(C(C)C)c2nsnc12. The van der Waals surface area contributed by atoms with Gasteiger partial charge in [-0.1, -0.05) is 27.7 Å². The standard InChI is InChI=1S/C11H16N4S/c1-6(2)5-8-10-11(15-16-14-10)9(7(3)4)13-12-8/h6-7H,5H2,1-4H3. The lowest BCUT2D eigenvalue weighted by atomic mass is 10.0. The molecule has 0 radical (unpaired) electrons. The Morgan fingerprint density at radius 1 is 1.00 bits per heavy atom. The summed E-state index contributed by atoms with van der Waals surface area (Å²) in [5.41, 5.74) is 3.81. The van der Waals surface area contributed by atoms with Crippen molar-refractivity contribution in [2.75, 3.05) is 0 Å². The summed E-state index contributed by atoms with van der Waals surface area (Å²) in [5, 5.41) is 8.58. The summed E-state index contributed by atoms with van der Waals surface area (Å²) < 4.78 is 8.68. The van der Waals surface area contributed by atoms with Crippen molar-refractivity contribution in [3.05, 3.63) is 11.4 Å². The van der Waals surface area contributed by atoms with Crippen LogP contribution in [0.15, 0.2) is 0 Å². The van der Waals surface area contributed by atoms with E-state index in [-0.39, 0.29) is 0 Å². The number of aromatic nitrogens is 4. The molecule has 0 aromatic carbocycles. The Morgan fingerprint density at radius 3 is 2.31 bits per heavy atom. The van der Waals surface area contributed by atoms with E-state index in [0.29, 0.717) is 11.8 Å². The molecule has 0 aliphatic rings. The molecule has 0 atom stereocenters. The van der Waals surface area contributed by atoms with Crippen LogP contribution in [0.3, 0.4) is 0 Å². The molecule has 0 aliphatic heterocycles. The highest BCUT2D eigenvalue weighted by Crippen LogP contribution is 2.24. The largest absolute Gasteiger partial charge is 0.171 e. The van der Waals surface area contributed by atoms with Gasteiger partial charge in [0.05, 0.1) is 23.1 Å². The number of nitrogens with zero attached hydrogens (tertiary/aromatic N) is 4. The van der Waals surface area contributed by atoms with Gasteiger partial charge in [-0.3, -0.25) is 0 Å². The maximum atomic E-state index is 4.34. The second-order valence-corrected chi connectivity index (χ2v) is 5.27. The van der Waals surface area contributed by atoms with Crippen LogP contribution in [-0.2, 0) is 6.42 Å². The summed E-state index contributed by atoms with van der Waals surface area (Å²) in [6.07, 6.45) is 0.910. The molecule has 2 rings (SSSR count). The van der Waals surface area contributed by atoms with Crippen molar-refractivity contribution in [2.24, 2.45) is 5.92 Å². The average molecular weight is 236 g/mol. The van der Waals surface area contributed by atoms with Crippen LogP contribution in [0.25, 0.3) is 11.0 Å². The van der Waals surface area contributed by atoms with E-state index in [1.54, 1.807) is 0 Å². The monoisotopic (exact) mass is 236 g/mol. The molecule has 0 N–H and O–H groups in total. The molecule has 5 heteroatoms. The van der Waals surface area contributed by atoms with Gasteiger partial charge in [0.1, 0.15) is 11.0 Å². The van der Waals surface area contributed by atoms with Gasteiger partial charge in [0.15, 0.2) is 0 Å². The first-order valence-electron chi connectivity index (χ1n) is 5.57. The van der Waals surface area contributed by atoms with Gasteiger partial charge in [-0.2, -0.15) is 18.9 Å². The van der Waals surface area contributed by atoms with Gasteiger partial charge in [0.25, 0.3) is 0 Å². The molecule has 0 unspecified atom stereocenters. The minimum Gasteiger partial charge on any atom is -0.171 e. The van der Waals surface area contributed by atoms with Crippen LogP contribution in [0.2, 0.25) is 0 Å². The van der Waals surface area contributed by atoms with E-state index in [1.165, 1.54) is 11.7 Å². The van der Waals surface area contributed by atoms with Crippen molar-refractivity contribution < 1.29 is 0 Å². The lowest BCUT2D eigenvalue weighted by Gasteiger charge is -2.07. The molecule has 2 aromatic rings. The Bertz CT molecular complexity index is 490. The van der Waals surface area contributed by atoms with Gasteiger partial charge in [0.2, 0.25) is 0 Å². The van der Waals surface area contributed by atoms with Crippen LogP contribution >= 0.6 is 11.7 Å². The molecule has 0 spiro atoms. The van der Waals surface area contributed by atoms with Crippen LogP contribution in [-0.4, -0.2) is 18.9 Å². The molecule has 0 fully saturated rings. The van der Waals surface area contributed by atoms with Gasteiger partial charge in [-0.25, -0.2) is 0 Å². The van der Waals surface area contributed by atoms with Gasteiger partial charge in [-0.15, -0.1) is 0 Å². The van der Waals surface area contributed by atoms with Crippen molar-refractivity contribution >= 4 is 22.8 Å². The van der Waals surface area contributed by atoms with Crippen LogP contribution in [0.1, 0.15) is 45.0 Å². The Kier molecular flexibility index (Phi) is 3.14. The number of hydrogen-bond acceptors (Lipinski definition) is 5. The highest BCUT2D eigenvalue weighted by molar-refractivity contribution is 7.00. The Balaban J connectivity index is 2.55. The van der Waals surface area contributed by atoms with Gasteiger partial charge in [0, 0.05) is 0 Å². The summed E-state index contributed by atoms with van der Waals surface area (Å²) in [4.78, 5) is 0. The third-order valence-corrected chi connectivity index (χ3v) is 2.96. The molecule has 0 bridgehead atoms. The summed E-state index contributed by atoms with van der Waals surface area (Å²) >= 11 is 1.25. The first-order chi connectivity index (χ1) is 7.59. The molecule has 0 saturated heterocycles. The fraction of sp³-hybridized carbons (Fsp3) is 0.636. The predicted octanol–water partition coefficient (Wildman–Crippen LogP) is 2.80. The minimum absolute atomic E-state index is 0.340. The normalized spacial score (nSPS) is 11.9. The molecular formula is C11H16N4S. The van der Waals surface area contributed by atoms with Crippen molar-refractivity contribution in [3.8, 4) is 0 Å². The summed E-state index contributed by atoms with van der Waals surface area (Å²) in [6, 6.07) is 0. The second-order valence-electron chi connectivity index (χ2n) is 4.75. The van der Waals surface area contributed by atoms with E-state index in [2.05, 4.69) is 46.6 Å².